The third kappa shape index (κ3) is 3.70. The van der Waals surface area contributed by atoms with Crippen LogP contribution in [0.25, 0.3) is 0 Å². The van der Waals surface area contributed by atoms with Gasteiger partial charge in [0.1, 0.15) is 5.82 Å². The van der Waals surface area contributed by atoms with Crippen molar-refractivity contribution >= 4 is 15.9 Å². The van der Waals surface area contributed by atoms with Crippen molar-refractivity contribution in [1.29, 1.82) is 0 Å². The number of halogens is 1. The zero-order chi connectivity index (χ0) is 22.0. The monoisotopic (exact) mass is 450 g/mol. The Labute approximate surface area is 183 Å². The molecule has 1 saturated heterocycles. The summed E-state index contributed by atoms with van der Waals surface area (Å²) in [6, 6.07) is 4.99. The molecule has 5 aliphatic rings. The third-order valence-electron chi connectivity index (χ3n) is 8.36. The maximum Gasteiger partial charge on any atom is 0.243 e. The lowest BCUT2D eigenvalue weighted by Crippen LogP contribution is -2.63. The van der Waals surface area contributed by atoms with Gasteiger partial charge >= 0.3 is 0 Å². The van der Waals surface area contributed by atoms with Crippen LogP contribution in [0.1, 0.15) is 51.9 Å². The molecule has 0 radical (unpaired) electrons. The van der Waals surface area contributed by atoms with Crippen molar-refractivity contribution in [3.05, 3.63) is 30.1 Å². The van der Waals surface area contributed by atoms with E-state index in [4.69, 9.17) is 0 Å². The fraction of sp³-hybridized carbons (Fsp3) is 0.696. The van der Waals surface area contributed by atoms with Crippen molar-refractivity contribution < 1.29 is 22.7 Å². The van der Waals surface area contributed by atoms with E-state index in [1.165, 1.54) is 16.4 Å². The molecule has 2 unspecified atom stereocenters. The minimum absolute atomic E-state index is 0.00999. The summed E-state index contributed by atoms with van der Waals surface area (Å²) in [7, 11) is -3.70. The van der Waals surface area contributed by atoms with Crippen molar-refractivity contribution in [2.75, 3.05) is 13.1 Å². The van der Waals surface area contributed by atoms with E-state index in [0.717, 1.165) is 44.2 Å². The SMILES string of the molecule is CC1(C(=O)NC2C3CC4CC2CC(O)(C4)C3)CCN(S(=O)(=O)c2ccc(F)cc2)CC1. The number of hydrogen-bond donors (Lipinski definition) is 2. The highest BCUT2D eigenvalue weighted by atomic mass is 32.2. The summed E-state index contributed by atoms with van der Waals surface area (Å²) in [6.07, 6.45) is 5.56. The van der Waals surface area contributed by atoms with Crippen molar-refractivity contribution in [2.45, 2.75) is 68.4 Å². The molecule has 4 bridgehead atoms. The number of amides is 1. The van der Waals surface area contributed by atoms with Crippen LogP contribution in [0.4, 0.5) is 4.39 Å². The topological polar surface area (TPSA) is 86.7 Å². The number of nitrogens with zero attached hydrogens (tertiary/aromatic N) is 1. The first kappa shape index (κ1) is 21.3. The van der Waals surface area contributed by atoms with Gasteiger partial charge in [0, 0.05) is 24.5 Å². The van der Waals surface area contributed by atoms with Crippen LogP contribution >= 0.6 is 0 Å². The van der Waals surface area contributed by atoms with Gasteiger partial charge in [-0.1, -0.05) is 6.92 Å². The molecule has 4 saturated carbocycles. The first-order chi connectivity index (χ1) is 14.6. The van der Waals surface area contributed by atoms with Crippen LogP contribution in [0.2, 0.25) is 0 Å². The van der Waals surface area contributed by atoms with E-state index in [0.29, 0.717) is 30.6 Å². The number of carbonyl (C=O) groups excluding carboxylic acids is 1. The van der Waals surface area contributed by atoms with Crippen molar-refractivity contribution in [3.8, 4) is 0 Å². The van der Waals surface area contributed by atoms with Crippen LogP contribution in [0.15, 0.2) is 29.2 Å². The van der Waals surface area contributed by atoms with Gasteiger partial charge in [0.15, 0.2) is 0 Å². The van der Waals surface area contributed by atoms with E-state index in [1.807, 2.05) is 6.92 Å². The molecule has 6 nitrogen and oxygen atoms in total. The molecule has 6 rings (SSSR count). The lowest BCUT2D eigenvalue weighted by atomic mass is 9.52. The van der Waals surface area contributed by atoms with Crippen LogP contribution in [0.5, 0.6) is 0 Å². The summed E-state index contributed by atoms with van der Waals surface area (Å²) >= 11 is 0. The van der Waals surface area contributed by atoms with E-state index >= 15 is 0 Å². The molecule has 2 atom stereocenters. The van der Waals surface area contributed by atoms with E-state index in [9.17, 15) is 22.7 Å². The van der Waals surface area contributed by atoms with E-state index in [2.05, 4.69) is 5.32 Å². The van der Waals surface area contributed by atoms with Gasteiger partial charge in [0.05, 0.1) is 10.5 Å². The molecule has 0 aromatic heterocycles. The Morgan fingerprint density at radius 3 is 2.23 bits per heavy atom. The van der Waals surface area contributed by atoms with Crippen LogP contribution in [0, 0.1) is 29.0 Å². The van der Waals surface area contributed by atoms with E-state index in [-0.39, 0.29) is 29.9 Å². The Morgan fingerprint density at radius 1 is 1.10 bits per heavy atom. The molecule has 1 amide bonds. The smallest absolute Gasteiger partial charge is 0.243 e. The van der Waals surface area contributed by atoms with Crippen LogP contribution in [0.3, 0.4) is 0 Å². The Hall–Kier alpha value is -1.51. The molecule has 8 heteroatoms. The van der Waals surface area contributed by atoms with Crippen molar-refractivity contribution in [3.63, 3.8) is 0 Å². The third-order valence-corrected chi connectivity index (χ3v) is 10.3. The van der Waals surface area contributed by atoms with Gasteiger partial charge in [-0.05, 0) is 87.0 Å². The molecule has 1 aliphatic heterocycles. The first-order valence-electron chi connectivity index (χ1n) is 11.4. The van der Waals surface area contributed by atoms with Gasteiger partial charge in [-0.25, -0.2) is 12.8 Å². The van der Waals surface area contributed by atoms with Crippen LogP contribution in [-0.2, 0) is 14.8 Å². The first-order valence-corrected chi connectivity index (χ1v) is 12.8. The van der Waals surface area contributed by atoms with Gasteiger partial charge < -0.3 is 10.4 Å². The fourth-order valence-electron chi connectivity index (χ4n) is 6.75. The van der Waals surface area contributed by atoms with Gasteiger partial charge in [-0.2, -0.15) is 4.31 Å². The highest BCUT2D eigenvalue weighted by molar-refractivity contribution is 7.89. The standard InChI is InChI=1S/C23H31FN2O4S/c1-22(6-8-26(9-7-22)31(29,30)19-4-2-18(24)3-5-19)21(27)25-20-16-10-15-11-17(20)14-23(28,12-15)13-16/h2-5,15-17,20,28H,6-14H2,1H3,(H,25,27). The van der Waals surface area contributed by atoms with Crippen molar-refractivity contribution in [1.82, 2.24) is 9.62 Å². The predicted molar refractivity (Wildman–Crippen MR) is 113 cm³/mol. The number of rotatable bonds is 4. The van der Waals surface area contributed by atoms with Gasteiger partial charge in [0.2, 0.25) is 15.9 Å². The minimum atomic E-state index is -3.70. The molecule has 5 fully saturated rings. The summed E-state index contributed by atoms with van der Waals surface area (Å²) < 4.78 is 40.3. The second kappa shape index (κ2) is 7.25. The molecule has 1 aromatic rings. The average Bonchev–Trinajstić information content (AvgIpc) is 2.70. The zero-order valence-corrected chi connectivity index (χ0v) is 18.7. The lowest BCUT2D eigenvalue weighted by molar-refractivity contribution is -0.151. The molecular formula is C23H31FN2O4S. The number of piperidine rings is 1. The van der Waals surface area contributed by atoms with E-state index in [1.54, 1.807) is 0 Å². The number of hydrogen-bond acceptors (Lipinski definition) is 4. The normalized spacial score (nSPS) is 37.0. The van der Waals surface area contributed by atoms with Crippen molar-refractivity contribution in [2.24, 2.45) is 23.2 Å². The van der Waals surface area contributed by atoms with E-state index < -0.39 is 26.9 Å². The van der Waals surface area contributed by atoms with Crippen LogP contribution in [-0.4, -0.2) is 48.5 Å². The molecular weight excluding hydrogens is 419 g/mol. The summed E-state index contributed by atoms with van der Waals surface area (Å²) in [5.41, 5.74) is -1.14. The minimum Gasteiger partial charge on any atom is -0.390 e. The molecule has 1 heterocycles. The molecule has 31 heavy (non-hydrogen) atoms. The second-order valence-electron chi connectivity index (χ2n) is 10.6. The highest BCUT2D eigenvalue weighted by Crippen LogP contribution is 2.55. The van der Waals surface area contributed by atoms with Gasteiger partial charge in [-0.3, -0.25) is 4.79 Å². The van der Waals surface area contributed by atoms with Gasteiger partial charge in [-0.15, -0.1) is 0 Å². The fourth-order valence-corrected chi connectivity index (χ4v) is 8.19. The Morgan fingerprint density at radius 2 is 1.68 bits per heavy atom. The number of sulfonamides is 1. The largest absolute Gasteiger partial charge is 0.390 e. The number of nitrogens with one attached hydrogen (secondary N) is 1. The molecule has 170 valence electrons. The highest BCUT2D eigenvalue weighted by Gasteiger charge is 2.55. The zero-order valence-electron chi connectivity index (χ0n) is 17.9. The summed E-state index contributed by atoms with van der Waals surface area (Å²) in [5, 5.41) is 14.1. The number of aliphatic hydroxyl groups is 1. The number of carbonyl (C=O) groups is 1. The predicted octanol–water partition coefficient (Wildman–Crippen LogP) is 2.67. The molecule has 4 aliphatic carbocycles. The summed E-state index contributed by atoms with van der Waals surface area (Å²) in [6.45, 7) is 2.46. The van der Waals surface area contributed by atoms with Crippen LogP contribution < -0.4 is 5.32 Å². The Balaban J connectivity index is 1.23. The average molecular weight is 451 g/mol. The lowest BCUT2D eigenvalue weighted by Gasteiger charge is -2.58. The quantitative estimate of drug-likeness (QED) is 0.739. The Bertz CT molecular complexity index is 956. The summed E-state index contributed by atoms with van der Waals surface area (Å²) in [5.74, 6) is 0.825. The molecule has 1 aromatic carbocycles. The number of benzene rings is 1. The maximum absolute atomic E-state index is 13.3. The van der Waals surface area contributed by atoms with Gasteiger partial charge in [0.25, 0.3) is 0 Å². The molecule has 2 N–H and O–H groups in total. The summed E-state index contributed by atoms with van der Waals surface area (Å²) in [4.78, 5) is 13.3. The molecule has 0 spiro atoms. The maximum atomic E-state index is 13.3. The second-order valence-corrected chi connectivity index (χ2v) is 12.6. The Kier molecular flexibility index (Phi) is 4.99.